The molecule has 0 spiro atoms. The van der Waals surface area contributed by atoms with Crippen LogP contribution in [0.15, 0.2) is 67.0 Å². The van der Waals surface area contributed by atoms with Crippen LogP contribution < -0.4 is 14.8 Å². The first-order valence-electron chi connectivity index (χ1n) is 8.12. The predicted octanol–water partition coefficient (Wildman–Crippen LogP) is 3.18. The largest absolute Gasteiger partial charge is 0.493 e. The highest BCUT2D eigenvalue weighted by molar-refractivity contribution is 6.01. The van der Waals surface area contributed by atoms with Gasteiger partial charge in [-0.25, -0.2) is 9.50 Å². The number of amides is 1. The third kappa shape index (κ3) is 3.54. The number of nitrogens with one attached hydrogen (secondary N) is 1. The van der Waals surface area contributed by atoms with Crippen LogP contribution in [0.4, 0.5) is 5.69 Å². The van der Waals surface area contributed by atoms with Gasteiger partial charge in [0.25, 0.3) is 11.7 Å². The second-order valence-corrected chi connectivity index (χ2v) is 5.53. The van der Waals surface area contributed by atoms with Gasteiger partial charge in [0.05, 0.1) is 7.11 Å². The van der Waals surface area contributed by atoms with E-state index in [0.29, 0.717) is 28.7 Å². The fourth-order valence-electron chi connectivity index (χ4n) is 2.45. The van der Waals surface area contributed by atoms with E-state index < -0.39 is 5.91 Å². The van der Waals surface area contributed by atoms with Gasteiger partial charge in [0.1, 0.15) is 5.75 Å². The molecule has 0 unspecified atom stereocenters. The standard InChI is InChI=1S/C19H15N5O3/c1-26-15-5-2-3-6-16(15)27-14-9-7-13(8-10-14)21-18(25)17-22-19-20-11-4-12-24(19)23-17/h2-12H,1H3,(H,21,25). The van der Waals surface area contributed by atoms with Crippen LogP contribution in [-0.2, 0) is 0 Å². The lowest BCUT2D eigenvalue weighted by Crippen LogP contribution is -2.13. The second kappa shape index (κ2) is 7.12. The molecule has 0 bridgehead atoms. The van der Waals surface area contributed by atoms with Gasteiger partial charge in [-0.05, 0) is 42.5 Å². The lowest BCUT2D eigenvalue weighted by molar-refractivity contribution is 0.101. The minimum Gasteiger partial charge on any atom is -0.493 e. The highest BCUT2D eigenvalue weighted by Gasteiger charge is 2.13. The lowest BCUT2D eigenvalue weighted by atomic mass is 10.3. The minimum absolute atomic E-state index is 0.0445. The summed E-state index contributed by atoms with van der Waals surface area (Å²) in [6.45, 7) is 0. The highest BCUT2D eigenvalue weighted by Crippen LogP contribution is 2.31. The number of aromatic nitrogens is 4. The number of benzene rings is 2. The van der Waals surface area contributed by atoms with E-state index in [4.69, 9.17) is 9.47 Å². The normalized spacial score (nSPS) is 10.6. The number of para-hydroxylation sites is 2. The van der Waals surface area contributed by atoms with Crippen molar-refractivity contribution in [3.63, 3.8) is 0 Å². The van der Waals surface area contributed by atoms with Crippen LogP contribution in [0.25, 0.3) is 5.78 Å². The molecule has 0 atom stereocenters. The maximum absolute atomic E-state index is 12.3. The van der Waals surface area contributed by atoms with Crippen molar-refractivity contribution in [1.82, 2.24) is 19.6 Å². The minimum atomic E-state index is -0.418. The number of hydrogen-bond acceptors (Lipinski definition) is 6. The molecule has 4 rings (SSSR count). The first-order valence-corrected chi connectivity index (χ1v) is 8.12. The lowest BCUT2D eigenvalue weighted by Gasteiger charge is -2.10. The third-order valence-electron chi connectivity index (χ3n) is 3.73. The fraction of sp³-hybridized carbons (Fsp3) is 0.0526. The van der Waals surface area contributed by atoms with E-state index in [1.54, 1.807) is 49.8 Å². The first-order chi connectivity index (χ1) is 13.2. The van der Waals surface area contributed by atoms with Gasteiger partial charge in [-0.2, -0.15) is 4.98 Å². The average molecular weight is 361 g/mol. The summed E-state index contributed by atoms with van der Waals surface area (Å²) in [5, 5.41) is 6.84. The van der Waals surface area contributed by atoms with Crippen LogP contribution in [0.3, 0.4) is 0 Å². The van der Waals surface area contributed by atoms with Gasteiger partial charge in [-0.1, -0.05) is 12.1 Å². The van der Waals surface area contributed by atoms with Gasteiger partial charge in [-0.3, -0.25) is 4.79 Å². The molecule has 4 aromatic rings. The van der Waals surface area contributed by atoms with Gasteiger partial charge in [0, 0.05) is 18.1 Å². The van der Waals surface area contributed by atoms with Crippen LogP contribution in [-0.4, -0.2) is 32.6 Å². The van der Waals surface area contributed by atoms with Crippen LogP contribution in [0.1, 0.15) is 10.6 Å². The number of nitrogens with zero attached hydrogens (tertiary/aromatic N) is 4. The molecule has 2 aromatic carbocycles. The van der Waals surface area contributed by atoms with E-state index in [1.807, 2.05) is 24.3 Å². The summed E-state index contributed by atoms with van der Waals surface area (Å²) < 4.78 is 12.5. The Hall–Kier alpha value is -3.94. The van der Waals surface area contributed by atoms with Crippen molar-refractivity contribution >= 4 is 17.4 Å². The van der Waals surface area contributed by atoms with Crippen molar-refractivity contribution in [3.05, 3.63) is 72.8 Å². The maximum atomic E-state index is 12.3. The van der Waals surface area contributed by atoms with Crippen LogP contribution in [0.5, 0.6) is 17.2 Å². The molecule has 27 heavy (non-hydrogen) atoms. The highest BCUT2D eigenvalue weighted by atomic mass is 16.5. The third-order valence-corrected chi connectivity index (χ3v) is 3.73. The Morgan fingerprint density at radius 1 is 1.04 bits per heavy atom. The van der Waals surface area contributed by atoms with Gasteiger partial charge >= 0.3 is 0 Å². The van der Waals surface area contributed by atoms with Crippen LogP contribution in [0.2, 0.25) is 0 Å². The Morgan fingerprint density at radius 3 is 2.56 bits per heavy atom. The van der Waals surface area contributed by atoms with Gasteiger partial charge < -0.3 is 14.8 Å². The molecule has 0 radical (unpaired) electrons. The predicted molar refractivity (Wildman–Crippen MR) is 98.2 cm³/mol. The molecule has 0 saturated carbocycles. The number of fused-ring (bicyclic) bond motifs is 1. The maximum Gasteiger partial charge on any atom is 0.295 e. The van der Waals surface area contributed by atoms with Gasteiger partial charge in [0.15, 0.2) is 11.5 Å². The van der Waals surface area contributed by atoms with E-state index in [-0.39, 0.29) is 5.82 Å². The molecule has 0 saturated heterocycles. The Morgan fingerprint density at radius 2 is 1.81 bits per heavy atom. The van der Waals surface area contributed by atoms with E-state index in [1.165, 1.54) is 4.52 Å². The zero-order valence-electron chi connectivity index (χ0n) is 14.4. The molecule has 8 nitrogen and oxygen atoms in total. The van der Waals surface area contributed by atoms with E-state index in [9.17, 15) is 4.79 Å². The summed E-state index contributed by atoms with van der Waals surface area (Å²) in [7, 11) is 1.59. The molecule has 1 amide bonds. The monoisotopic (exact) mass is 361 g/mol. The smallest absolute Gasteiger partial charge is 0.295 e. The molecule has 8 heteroatoms. The molecular formula is C19H15N5O3. The fourth-order valence-corrected chi connectivity index (χ4v) is 2.45. The second-order valence-electron chi connectivity index (χ2n) is 5.53. The Kier molecular flexibility index (Phi) is 4.36. The molecule has 2 aromatic heterocycles. The Labute approximate surface area is 154 Å². The quantitative estimate of drug-likeness (QED) is 0.587. The SMILES string of the molecule is COc1ccccc1Oc1ccc(NC(=O)c2nc3ncccn3n2)cc1. The van der Waals surface area contributed by atoms with Gasteiger partial charge in [0.2, 0.25) is 5.82 Å². The zero-order valence-corrected chi connectivity index (χ0v) is 14.4. The average Bonchev–Trinajstić information content (AvgIpc) is 3.14. The van der Waals surface area contributed by atoms with Crippen molar-refractivity contribution in [2.45, 2.75) is 0 Å². The zero-order chi connectivity index (χ0) is 18.6. The van der Waals surface area contributed by atoms with Crippen LogP contribution >= 0.6 is 0 Å². The van der Waals surface area contributed by atoms with Crippen LogP contribution in [0, 0.1) is 0 Å². The number of hydrogen-bond donors (Lipinski definition) is 1. The Bertz CT molecular complexity index is 1060. The summed E-state index contributed by atoms with van der Waals surface area (Å²) in [5.74, 6) is 1.86. The van der Waals surface area contributed by atoms with Crippen molar-refractivity contribution in [1.29, 1.82) is 0 Å². The molecule has 0 aliphatic rings. The molecule has 0 aliphatic carbocycles. The molecule has 134 valence electrons. The number of rotatable bonds is 5. The molecule has 2 heterocycles. The van der Waals surface area contributed by atoms with Crippen molar-refractivity contribution in [3.8, 4) is 17.2 Å². The molecule has 0 fully saturated rings. The number of ether oxygens (including phenoxy) is 2. The summed E-state index contributed by atoms with van der Waals surface area (Å²) >= 11 is 0. The van der Waals surface area contributed by atoms with Crippen molar-refractivity contribution in [2.75, 3.05) is 12.4 Å². The summed E-state index contributed by atoms with van der Waals surface area (Å²) in [4.78, 5) is 20.4. The summed E-state index contributed by atoms with van der Waals surface area (Å²) in [6, 6.07) is 16.0. The van der Waals surface area contributed by atoms with Gasteiger partial charge in [-0.15, -0.1) is 5.10 Å². The van der Waals surface area contributed by atoms with E-state index in [2.05, 4.69) is 20.4 Å². The molecule has 0 aliphatic heterocycles. The number of anilines is 1. The molecule has 1 N–H and O–H groups in total. The first kappa shape index (κ1) is 16.5. The van der Waals surface area contributed by atoms with E-state index in [0.717, 1.165) is 0 Å². The number of carbonyl (C=O) groups is 1. The summed E-state index contributed by atoms with van der Waals surface area (Å²) in [6.07, 6.45) is 3.27. The molecular weight excluding hydrogens is 346 g/mol. The topological polar surface area (TPSA) is 90.6 Å². The number of carbonyl (C=O) groups excluding carboxylic acids is 1. The Balaban J connectivity index is 1.46. The van der Waals surface area contributed by atoms with E-state index >= 15 is 0 Å². The summed E-state index contributed by atoms with van der Waals surface area (Å²) in [5.41, 5.74) is 0.596. The number of methoxy groups -OCH3 is 1. The van der Waals surface area contributed by atoms with Crippen molar-refractivity contribution in [2.24, 2.45) is 0 Å². The van der Waals surface area contributed by atoms with Crippen molar-refractivity contribution < 1.29 is 14.3 Å².